The van der Waals surface area contributed by atoms with Gasteiger partial charge in [0.2, 0.25) is 23.6 Å². The molecule has 0 radical (unpaired) electrons. The number of benzene rings is 1. The third-order valence-corrected chi connectivity index (χ3v) is 9.66. The Kier molecular flexibility index (Phi) is 15.8. The zero-order valence-electron chi connectivity index (χ0n) is 28.8. The van der Waals surface area contributed by atoms with Crippen molar-refractivity contribution in [1.29, 1.82) is 0 Å². The molecule has 0 unspecified atom stereocenters. The SMILES string of the molecule is CCCN1CC(=O)N[C@@H](C(C)C)c2nc(cs2)C(=O)N[C@H](C)C(=O)N[C@@H](CC)C(=O)N[C@@H](CCSC)C(=O)N[C@@H](Cc2ccccc2)C1. The van der Waals surface area contributed by atoms with Crippen LogP contribution in [0.2, 0.25) is 0 Å². The molecule has 12 nitrogen and oxygen atoms in total. The van der Waals surface area contributed by atoms with Crippen molar-refractivity contribution < 1.29 is 24.0 Å². The largest absolute Gasteiger partial charge is 0.350 e. The number of thiazole rings is 1. The summed E-state index contributed by atoms with van der Waals surface area (Å²) in [5, 5.41) is 16.7. The molecule has 3 rings (SSSR count). The predicted molar refractivity (Wildman–Crippen MR) is 191 cm³/mol. The summed E-state index contributed by atoms with van der Waals surface area (Å²) in [6.07, 6.45) is 3.93. The number of thioether (sulfide) groups is 1. The van der Waals surface area contributed by atoms with Gasteiger partial charge in [0.1, 0.15) is 28.8 Å². The molecular formula is C34H51N7O5S2. The minimum absolute atomic E-state index is 0.0127. The normalized spacial score (nSPS) is 24.1. The molecule has 0 saturated carbocycles. The third-order valence-electron chi connectivity index (χ3n) is 8.09. The van der Waals surface area contributed by atoms with E-state index in [0.29, 0.717) is 36.7 Å². The van der Waals surface area contributed by atoms with Crippen LogP contribution in [0.15, 0.2) is 35.7 Å². The van der Waals surface area contributed by atoms with Gasteiger partial charge in [0.25, 0.3) is 5.91 Å². The first-order valence-electron chi connectivity index (χ1n) is 16.7. The summed E-state index contributed by atoms with van der Waals surface area (Å²) in [6, 6.07) is 6.34. The molecule has 0 spiro atoms. The Balaban J connectivity index is 1.99. The fourth-order valence-corrected chi connectivity index (χ4v) is 6.95. The smallest absolute Gasteiger partial charge is 0.271 e. The van der Waals surface area contributed by atoms with Crippen molar-refractivity contribution in [3.05, 3.63) is 52.0 Å². The molecule has 1 aromatic heterocycles. The van der Waals surface area contributed by atoms with Crippen LogP contribution in [0.3, 0.4) is 0 Å². The number of hydrogen-bond acceptors (Lipinski definition) is 9. The number of rotatable bonds is 9. The van der Waals surface area contributed by atoms with Gasteiger partial charge in [0.05, 0.1) is 12.6 Å². The number of carbonyl (C=O) groups is 5. The number of carbonyl (C=O) groups excluding carboxylic acids is 5. The highest BCUT2D eigenvalue weighted by molar-refractivity contribution is 7.98. The molecule has 2 bridgehead atoms. The second-order valence-corrected chi connectivity index (χ2v) is 14.4. The maximum absolute atomic E-state index is 13.9. The quantitative estimate of drug-likeness (QED) is 0.267. The van der Waals surface area contributed by atoms with Gasteiger partial charge in [-0.3, -0.25) is 28.9 Å². The second-order valence-electron chi connectivity index (χ2n) is 12.5. The van der Waals surface area contributed by atoms with Crippen molar-refractivity contribution in [2.24, 2.45) is 5.92 Å². The summed E-state index contributed by atoms with van der Waals surface area (Å²) in [5.74, 6) is -1.46. The van der Waals surface area contributed by atoms with Gasteiger partial charge in [0, 0.05) is 18.0 Å². The molecular weight excluding hydrogens is 651 g/mol. The van der Waals surface area contributed by atoms with E-state index >= 15 is 0 Å². The van der Waals surface area contributed by atoms with E-state index < -0.39 is 41.9 Å². The van der Waals surface area contributed by atoms with Crippen LogP contribution in [0.25, 0.3) is 0 Å². The van der Waals surface area contributed by atoms with Crippen LogP contribution in [0, 0.1) is 5.92 Å². The van der Waals surface area contributed by atoms with Crippen molar-refractivity contribution >= 4 is 52.6 Å². The molecule has 1 aromatic carbocycles. The zero-order valence-corrected chi connectivity index (χ0v) is 30.5. The molecule has 5 atom stereocenters. The lowest BCUT2D eigenvalue weighted by Crippen LogP contribution is -2.57. The van der Waals surface area contributed by atoms with Crippen LogP contribution in [-0.2, 0) is 25.6 Å². The average Bonchev–Trinajstić information content (AvgIpc) is 3.54. The third kappa shape index (κ3) is 11.9. The van der Waals surface area contributed by atoms with Crippen LogP contribution in [0.5, 0.6) is 0 Å². The Morgan fingerprint density at radius 3 is 2.27 bits per heavy atom. The van der Waals surface area contributed by atoms with Crippen LogP contribution in [0.1, 0.15) is 81.0 Å². The predicted octanol–water partition coefficient (Wildman–Crippen LogP) is 2.66. The van der Waals surface area contributed by atoms with E-state index in [4.69, 9.17) is 0 Å². The number of fused-ring (bicyclic) bond motifs is 2. The summed E-state index contributed by atoms with van der Waals surface area (Å²) in [6.45, 7) is 10.4. The maximum Gasteiger partial charge on any atom is 0.271 e. The number of nitrogens with zero attached hydrogens (tertiary/aromatic N) is 2. The number of hydrogen-bond donors (Lipinski definition) is 5. The van der Waals surface area contributed by atoms with Crippen LogP contribution >= 0.6 is 23.1 Å². The molecule has 1 aliphatic rings. The topological polar surface area (TPSA) is 162 Å². The van der Waals surface area contributed by atoms with E-state index in [1.54, 1.807) is 24.1 Å². The molecule has 48 heavy (non-hydrogen) atoms. The molecule has 2 heterocycles. The maximum atomic E-state index is 13.9. The highest BCUT2D eigenvalue weighted by Crippen LogP contribution is 2.25. The lowest BCUT2D eigenvalue weighted by Gasteiger charge is -2.30. The van der Waals surface area contributed by atoms with E-state index in [2.05, 4.69) is 31.6 Å². The Hall–Kier alpha value is -3.49. The Labute approximate surface area is 292 Å². The molecule has 0 aliphatic carbocycles. The van der Waals surface area contributed by atoms with Gasteiger partial charge in [-0.15, -0.1) is 11.3 Å². The second kappa shape index (κ2) is 19.5. The number of amides is 5. The van der Waals surface area contributed by atoms with Crippen molar-refractivity contribution in [1.82, 2.24) is 36.5 Å². The van der Waals surface area contributed by atoms with Crippen LogP contribution in [0.4, 0.5) is 0 Å². The first-order chi connectivity index (χ1) is 22.9. The first-order valence-corrected chi connectivity index (χ1v) is 18.9. The standard InChI is InChI=1S/C34H51N7O5S2/c1-7-15-41-18-24(17-23-12-10-9-11-13-23)36-32(45)26(14-16-47-6)38-31(44)25(8-2)37-30(43)22(5)35-33(46)27-20-48-34(39-27)29(21(3)4)40-28(42)19-41/h9-13,20-22,24-26,29H,7-8,14-19H2,1-6H3,(H,35,46)(H,36,45)(H,37,43)(H,38,44)(H,40,42)/t22-,24+,25+,26+,29+/m1/s1. The summed E-state index contributed by atoms with van der Waals surface area (Å²) < 4.78 is 0. The van der Waals surface area contributed by atoms with Crippen molar-refractivity contribution in [2.75, 3.05) is 31.6 Å². The van der Waals surface area contributed by atoms with Crippen LogP contribution in [-0.4, -0.2) is 95.2 Å². The minimum Gasteiger partial charge on any atom is -0.350 e. The van der Waals surface area contributed by atoms with E-state index in [1.807, 2.05) is 62.3 Å². The van der Waals surface area contributed by atoms with E-state index in [9.17, 15) is 24.0 Å². The Morgan fingerprint density at radius 2 is 1.62 bits per heavy atom. The Bertz CT molecular complexity index is 1370. The summed E-state index contributed by atoms with van der Waals surface area (Å²) in [5.41, 5.74) is 1.17. The molecule has 14 heteroatoms. The molecule has 5 amide bonds. The van der Waals surface area contributed by atoms with Crippen molar-refractivity contribution in [3.63, 3.8) is 0 Å². The lowest BCUT2D eigenvalue weighted by atomic mass is 10.0. The fourth-order valence-electron chi connectivity index (χ4n) is 5.46. The molecule has 0 fully saturated rings. The lowest BCUT2D eigenvalue weighted by molar-refractivity contribution is -0.132. The van der Waals surface area contributed by atoms with Crippen molar-refractivity contribution in [3.8, 4) is 0 Å². The van der Waals surface area contributed by atoms with Gasteiger partial charge < -0.3 is 26.6 Å². The summed E-state index contributed by atoms with van der Waals surface area (Å²) in [7, 11) is 0. The minimum atomic E-state index is -0.960. The molecule has 1 aliphatic heterocycles. The highest BCUT2D eigenvalue weighted by atomic mass is 32.2. The number of aromatic nitrogens is 1. The summed E-state index contributed by atoms with van der Waals surface area (Å²) in [4.78, 5) is 73.5. The molecule has 264 valence electrons. The van der Waals surface area contributed by atoms with Gasteiger partial charge >= 0.3 is 0 Å². The number of nitrogens with one attached hydrogen (secondary N) is 5. The van der Waals surface area contributed by atoms with E-state index in [-0.39, 0.29) is 42.4 Å². The average molecular weight is 702 g/mol. The zero-order chi connectivity index (χ0) is 35.2. The Morgan fingerprint density at radius 1 is 0.938 bits per heavy atom. The molecule has 5 N–H and O–H groups in total. The van der Waals surface area contributed by atoms with E-state index in [1.165, 1.54) is 18.3 Å². The van der Waals surface area contributed by atoms with Gasteiger partial charge in [-0.05, 0) is 62.6 Å². The highest BCUT2D eigenvalue weighted by Gasteiger charge is 2.30. The molecule has 2 aromatic rings. The van der Waals surface area contributed by atoms with Gasteiger partial charge in [-0.1, -0.05) is 58.0 Å². The van der Waals surface area contributed by atoms with Gasteiger partial charge in [-0.2, -0.15) is 11.8 Å². The summed E-state index contributed by atoms with van der Waals surface area (Å²) >= 11 is 2.83. The molecule has 0 saturated heterocycles. The van der Waals surface area contributed by atoms with Gasteiger partial charge in [0.15, 0.2) is 0 Å². The van der Waals surface area contributed by atoms with Crippen LogP contribution < -0.4 is 26.6 Å². The van der Waals surface area contributed by atoms with Gasteiger partial charge in [-0.25, -0.2) is 4.98 Å². The first kappa shape index (κ1) is 39.0. The van der Waals surface area contributed by atoms with E-state index in [0.717, 1.165) is 12.0 Å². The fraction of sp³-hybridized carbons (Fsp3) is 0.588. The monoisotopic (exact) mass is 701 g/mol. The van der Waals surface area contributed by atoms with Crippen molar-refractivity contribution in [2.45, 2.75) is 90.5 Å².